The van der Waals surface area contributed by atoms with Crippen LogP contribution in [0.3, 0.4) is 0 Å². The van der Waals surface area contributed by atoms with Crippen molar-refractivity contribution in [3.8, 4) is 0 Å². The Balaban J connectivity index is 0.00000218. The minimum Gasteiger partial charge on any atom is -0.335 e. The van der Waals surface area contributed by atoms with Crippen molar-refractivity contribution in [2.45, 2.75) is 32.4 Å². The van der Waals surface area contributed by atoms with Crippen LogP contribution in [-0.4, -0.2) is 51.7 Å². The normalized spacial score (nSPS) is 18.8. The van der Waals surface area contributed by atoms with Gasteiger partial charge >= 0.3 is 0 Å². The third-order valence-corrected chi connectivity index (χ3v) is 6.67. The van der Waals surface area contributed by atoms with Gasteiger partial charge in [-0.05, 0) is 50.4 Å². The Kier molecular flexibility index (Phi) is 6.11. The first-order valence-corrected chi connectivity index (χ1v) is 10.7. The lowest BCUT2D eigenvalue weighted by Crippen LogP contribution is -2.45. The number of hydrogen-bond acceptors (Lipinski definition) is 3. The van der Waals surface area contributed by atoms with E-state index in [1.807, 2.05) is 28.9 Å². The Hall–Kier alpha value is -2.37. The van der Waals surface area contributed by atoms with Crippen LogP contribution in [0.2, 0.25) is 0 Å². The Morgan fingerprint density at radius 3 is 2.43 bits per heavy atom. The molecule has 0 N–H and O–H groups in total. The second-order valence-electron chi connectivity index (χ2n) is 8.41. The number of piperidine rings is 1. The molecular formula is C24H29ClN4O. The molecule has 5 rings (SSSR count). The second kappa shape index (κ2) is 8.78. The minimum atomic E-state index is 0. The number of carbonyl (C=O) groups excluding carboxylic acids is 1. The lowest BCUT2D eigenvalue weighted by Gasteiger charge is -2.38. The molecule has 0 spiro atoms. The Bertz CT molecular complexity index is 1010. The summed E-state index contributed by atoms with van der Waals surface area (Å²) in [6.07, 6.45) is 2.31. The van der Waals surface area contributed by atoms with E-state index in [0.29, 0.717) is 12.0 Å². The molecule has 158 valence electrons. The molecule has 2 aromatic carbocycles. The number of fused-ring (bicyclic) bond motifs is 3. The van der Waals surface area contributed by atoms with Gasteiger partial charge in [0.2, 0.25) is 0 Å². The zero-order valence-electron chi connectivity index (χ0n) is 17.4. The molecular weight excluding hydrogens is 396 g/mol. The van der Waals surface area contributed by atoms with E-state index in [9.17, 15) is 4.79 Å². The lowest BCUT2D eigenvalue weighted by molar-refractivity contribution is 0.0611. The maximum Gasteiger partial charge on any atom is 0.272 e. The van der Waals surface area contributed by atoms with Gasteiger partial charge in [-0.2, -0.15) is 5.10 Å². The van der Waals surface area contributed by atoms with Crippen molar-refractivity contribution in [2.75, 3.05) is 26.2 Å². The highest BCUT2D eigenvalue weighted by Crippen LogP contribution is 2.29. The van der Waals surface area contributed by atoms with Crippen LogP contribution in [-0.2, 0) is 6.54 Å². The molecule has 1 amide bonds. The molecule has 3 heterocycles. The van der Waals surface area contributed by atoms with Gasteiger partial charge in [0.25, 0.3) is 5.91 Å². The van der Waals surface area contributed by atoms with Crippen LogP contribution in [0.25, 0.3) is 10.9 Å². The summed E-state index contributed by atoms with van der Waals surface area (Å²) in [6, 6.07) is 19.2. The fourth-order valence-corrected chi connectivity index (χ4v) is 4.89. The molecule has 30 heavy (non-hydrogen) atoms. The summed E-state index contributed by atoms with van der Waals surface area (Å²) in [6.45, 7) is 6.93. The number of amides is 1. The molecule has 0 bridgehead atoms. The second-order valence-corrected chi connectivity index (χ2v) is 8.41. The molecule has 2 aliphatic heterocycles. The number of rotatable bonds is 4. The van der Waals surface area contributed by atoms with E-state index < -0.39 is 0 Å². The van der Waals surface area contributed by atoms with Crippen molar-refractivity contribution in [1.82, 2.24) is 19.6 Å². The van der Waals surface area contributed by atoms with Crippen molar-refractivity contribution in [2.24, 2.45) is 5.92 Å². The van der Waals surface area contributed by atoms with E-state index in [-0.39, 0.29) is 18.3 Å². The van der Waals surface area contributed by atoms with Crippen molar-refractivity contribution >= 4 is 29.2 Å². The molecule has 1 saturated heterocycles. The Morgan fingerprint density at radius 1 is 0.967 bits per heavy atom. The van der Waals surface area contributed by atoms with Crippen molar-refractivity contribution in [3.63, 3.8) is 0 Å². The van der Waals surface area contributed by atoms with Gasteiger partial charge in [-0.3, -0.25) is 14.4 Å². The number of nitrogens with zero attached hydrogens (tertiary/aromatic N) is 4. The first kappa shape index (κ1) is 20.9. The van der Waals surface area contributed by atoms with E-state index in [0.717, 1.165) is 62.2 Å². The summed E-state index contributed by atoms with van der Waals surface area (Å²) in [7, 11) is 0. The molecule has 1 aromatic heterocycles. The molecule has 5 nitrogen and oxygen atoms in total. The van der Waals surface area contributed by atoms with Gasteiger partial charge in [0.1, 0.15) is 5.69 Å². The lowest BCUT2D eigenvalue weighted by atomic mass is 9.93. The zero-order valence-corrected chi connectivity index (χ0v) is 18.2. The molecule has 0 saturated carbocycles. The van der Waals surface area contributed by atoms with Crippen LogP contribution in [0, 0.1) is 5.92 Å². The van der Waals surface area contributed by atoms with Crippen LogP contribution in [0.4, 0.5) is 0 Å². The van der Waals surface area contributed by atoms with Crippen LogP contribution in [0.1, 0.15) is 41.9 Å². The average molecular weight is 425 g/mol. The summed E-state index contributed by atoms with van der Waals surface area (Å²) in [5, 5.41) is 5.59. The number of benzene rings is 2. The standard InChI is InChI=1S/C24H28N4O.ClH/c1-18(20-7-3-2-4-8-20)26-13-11-19(12-14-26)17-27-15-16-28-23(24(27)29)21-9-5-6-10-22(21)25-28;/h2-10,18-19H,11-17H2,1H3;1H. The highest BCUT2D eigenvalue weighted by atomic mass is 35.5. The quantitative estimate of drug-likeness (QED) is 0.623. The van der Waals surface area contributed by atoms with E-state index in [1.54, 1.807) is 0 Å². The van der Waals surface area contributed by atoms with Crippen molar-refractivity contribution < 1.29 is 4.79 Å². The summed E-state index contributed by atoms with van der Waals surface area (Å²) in [4.78, 5) is 17.8. The first-order chi connectivity index (χ1) is 14.2. The molecule has 0 aliphatic carbocycles. The smallest absolute Gasteiger partial charge is 0.272 e. The number of carbonyl (C=O) groups is 1. The van der Waals surface area contributed by atoms with Crippen molar-refractivity contribution in [1.29, 1.82) is 0 Å². The largest absolute Gasteiger partial charge is 0.335 e. The maximum atomic E-state index is 13.2. The SMILES string of the molecule is CC(c1ccccc1)N1CCC(CN2CCn3nc4ccccc4c3C2=O)CC1.Cl. The summed E-state index contributed by atoms with van der Waals surface area (Å²) < 4.78 is 1.90. The summed E-state index contributed by atoms with van der Waals surface area (Å²) >= 11 is 0. The van der Waals surface area contributed by atoms with E-state index >= 15 is 0 Å². The van der Waals surface area contributed by atoms with Gasteiger partial charge in [0, 0.05) is 24.5 Å². The van der Waals surface area contributed by atoms with Crippen LogP contribution in [0.15, 0.2) is 54.6 Å². The van der Waals surface area contributed by atoms with Gasteiger partial charge in [-0.25, -0.2) is 0 Å². The van der Waals surface area contributed by atoms with Gasteiger partial charge in [-0.1, -0.05) is 48.5 Å². The van der Waals surface area contributed by atoms with Crippen molar-refractivity contribution in [3.05, 3.63) is 65.9 Å². The van der Waals surface area contributed by atoms with Crippen LogP contribution < -0.4 is 0 Å². The van der Waals surface area contributed by atoms with Gasteiger partial charge in [0.15, 0.2) is 0 Å². The molecule has 2 aliphatic rings. The number of aromatic nitrogens is 2. The fourth-order valence-electron chi connectivity index (χ4n) is 4.89. The monoisotopic (exact) mass is 424 g/mol. The summed E-state index contributed by atoms with van der Waals surface area (Å²) in [5.41, 5.74) is 3.07. The number of halogens is 1. The van der Waals surface area contributed by atoms with Gasteiger partial charge < -0.3 is 4.90 Å². The molecule has 0 radical (unpaired) electrons. The number of hydrogen-bond donors (Lipinski definition) is 0. The molecule has 1 unspecified atom stereocenters. The van der Waals surface area contributed by atoms with Gasteiger partial charge in [-0.15, -0.1) is 12.4 Å². The Labute approximate surface area is 184 Å². The third-order valence-electron chi connectivity index (χ3n) is 6.67. The first-order valence-electron chi connectivity index (χ1n) is 10.7. The average Bonchev–Trinajstić information content (AvgIpc) is 3.16. The maximum absolute atomic E-state index is 13.2. The van der Waals surface area contributed by atoms with E-state index in [4.69, 9.17) is 0 Å². The van der Waals surface area contributed by atoms with Crippen LogP contribution >= 0.6 is 12.4 Å². The third kappa shape index (κ3) is 3.84. The zero-order chi connectivity index (χ0) is 19.8. The van der Waals surface area contributed by atoms with E-state index in [1.165, 1.54) is 5.56 Å². The summed E-state index contributed by atoms with van der Waals surface area (Å²) in [5.74, 6) is 0.726. The van der Waals surface area contributed by atoms with E-state index in [2.05, 4.69) is 52.2 Å². The molecule has 6 heteroatoms. The highest BCUT2D eigenvalue weighted by Gasteiger charge is 2.31. The molecule has 3 aromatic rings. The molecule has 1 fully saturated rings. The van der Waals surface area contributed by atoms with Crippen LogP contribution in [0.5, 0.6) is 0 Å². The predicted molar refractivity (Wildman–Crippen MR) is 122 cm³/mol. The molecule has 1 atom stereocenters. The topological polar surface area (TPSA) is 41.4 Å². The number of likely N-dealkylation sites (tertiary alicyclic amines) is 1. The fraction of sp³-hybridized carbons (Fsp3) is 0.417. The minimum absolute atomic E-state index is 0. The Morgan fingerprint density at radius 2 is 1.67 bits per heavy atom. The highest BCUT2D eigenvalue weighted by molar-refractivity contribution is 6.05. The van der Waals surface area contributed by atoms with Gasteiger partial charge in [0.05, 0.1) is 12.1 Å². The predicted octanol–water partition coefficient (Wildman–Crippen LogP) is 4.39.